The Hall–Kier alpha value is -1.64. The maximum Gasteiger partial charge on any atom is 0.234 e. The molecule has 3 nitrogen and oxygen atoms in total. The number of hydrogen-bond donors (Lipinski definition) is 1. The molecule has 0 saturated heterocycles. The third-order valence-corrected chi connectivity index (χ3v) is 2.92. The van der Waals surface area contributed by atoms with Crippen LogP contribution in [0.1, 0.15) is 36.7 Å². The number of ketones is 1. The van der Waals surface area contributed by atoms with Crippen LogP contribution in [-0.4, -0.2) is 11.7 Å². The summed E-state index contributed by atoms with van der Waals surface area (Å²) < 4.78 is 0. The molecule has 1 heterocycles. The summed E-state index contributed by atoms with van der Waals surface area (Å²) in [5.41, 5.74) is 1.83. The SMILES string of the molecule is CC(=O)c1ccc2c(c1)C(C)(C)C(=O)N2. The predicted molar refractivity (Wildman–Crippen MR) is 58.1 cm³/mol. The average molecular weight is 203 g/mol. The molecule has 1 amide bonds. The lowest BCUT2D eigenvalue weighted by Gasteiger charge is -2.15. The zero-order valence-electron chi connectivity index (χ0n) is 9.05. The van der Waals surface area contributed by atoms with Gasteiger partial charge in [0.15, 0.2) is 5.78 Å². The van der Waals surface area contributed by atoms with Gasteiger partial charge in [-0.25, -0.2) is 0 Å². The van der Waals surface area contributed by atoms with Crippen molar-refractivity contribution in [1.29, 1.82) is 0 Å². The van der Waals surface area contributed by atoms with Crippen molar-refractivity contribution < 1.29 is 9.59 Å². The summed E-state index contributed by atoms with van der Waals surface area (Å²) >= 11 is 0. The Morgan fingerprint density at radius 2 is 2.00 bits per heavy atom. The van der Waals surface area contributed by atoms with Gasteiger partial charge in [-0.1, -0.05) is 0 Å². The largest absolute Gasteiger partial charge is 0.325 e. The summed E-state index contributed by atoms with van der Waals surface area (Å²) in [5, 5.41) is 2.80. The molecule has 15 heavy (non-hydrogen) atoms. The highest BCUT2D eigenvalue weighted by Gasteiger charge is 2.38. The van der Waals surface area contributed by atoms with Gasteiger partial charge in [-0.3, -0.25) is 9.59 Å². The summed E-state index contributed by atoms with van der Waals surface area (Å²) in [6.45, 7) is 5.25. The minimum atomic E-state index is -0.541. The molecule has 0 aliphatic carbocycles. The van der Waals surface area contributed by atoms with Crippen LogP contribution in [0.5, 0.6) is 0 Å². The van der Waals surface area contributed by atoms with Crippen molar-refractivity contribution in [3.05, 3.63) is 29.3 Å². The van der Waals surface area contributed by atoms with E-state index in [-0.39, 0.29) is 11.7 Å². The van der Waals surface area contributed by atoms with Crippen LogP contribution in [0.4, 0.5) is 5.69 Å². The zero-order valence-corrected chi connectivity index (χ0v) is 9.05. The number of amides is 1. The van der Waals surface area contributed by atoms with Crippen molar-refractivity contribution in [2.45, 2.75) is 26.2 Å². The van der Waals surface area contributed by atoms with Gasteiger partial charge in [0.05, 0.1) is 5.41 Å². The van der Waals surface area contributed by atoms with E-state index in [0.29, 0.717) is 5.56 Å². The van der Waals surface area contributed by atoms with Crippen molar-refractivity contribution in [3.8, 4) is 0 Å². The average Bonchev–Trinajstić information content (AvgIpc) is 2.38. The fraction of sp³-hybridized carbons (Fsp3) is 0.333. The number of benzene rings is 1. The number of hydrogen-bond acceptors (Lipinski definition) is 2. The maximum atomic E-state index is 11.6. The molecule has 0 bridgehead atoms. The molecule has 3 heteroatoms. The second-order valence-corrected chi connectivity index (χ2v) is 4.40. The molecule has 0 unspecified atom stereocenters. The Morgan fingerprint density at radius 3 is 2.60 bits per heavy atom. The van der Waals surface area contributed by atoms with Crippen LogP contribution in [0, 0.1) is 0 Å². The van der Waals surface area contributed by atoms with Gasteiger partial charge in [-0.15, -0.1) is 0 Å². The Balaban J connectivity index is 2.59. The molecule has 2 rings (SSSR count). The molecule has 0 fully saturated rings. The summed E-state index contributed by atoms with van der Waals surface area (Å²) in [5.74, 6) is 0.00570. The summed E-state index contributed by atoms with van der Waals surface area (Å²) in [6, 6.07) is 5.33. The van der Waals surface area contributed by atoms with E-state index in [1.165, 1.54) is 6.92 Å². The van der Waals surface area contributed by atoms with Gasteiger partial charge in [0.1, 0.15) is 0 Å². The van der Waals surface area contributed by atoms with Crippen LogP contribution in [0.3, 0.4) is 0 Å². The van der Waals surface area contributed by atoms with Crippen LogP contribution in [0.15, 0.2) is 18.2 Å². The molecule has 78 valence electrons. The quantitative estimate of drug-likeness (QED) is 0.710. The summed E-state index contributed by atoms with van der Waals surface area (Å²) in [7, 11) is 0. The molecule has 0 radical (unpaired) electrons. The van der Waals surface area contributed by atoms with Crippen LogP contribution in [-0.2, 0) is 10.2 Å². The number of carbonyl (C=O) groups excluding carboxylic acids is 2. The Labute approximate surface area is 88.5 Å². The van der Waals surface area contributed by atoms with Crippen molar-refractivity contribution >= 4 is 17.4 Å². The molecule has 1 N–H and O–H groups in total. The Morgan fingerprint density at radius 1 is 1.33 bits per heavy atom. The molecular weight excluding hydrogens is 190 g/mol. The first kappa shape index (κ1) is 9.90. The van der Waals surface area contributed by atoms with Gasteiger partial charge in [0.25, 0.3) is 0 Å². The van der Waals surface area contributed by atoms with Gasteiger partial charge in [0, 0.05) is 11.3 Å². The highest BCUT2D eigenvalue weighted by molar-refractivity contribution is 6.06. The molecule has 0 spiro atoms. The molecule has 0 atom stereocenters. The lowest BCUT2D eigenvalue weighted by Crippen LogP contribution is -2.26. The minimum absolute atomic E-state index is 0.0156. The normalized spacial score (nSPS) is 17.1. The van der Waals surface area contributed by atoms with Crippen molar-refractivity contribution in [2.75, 3.05) is 5.32 Å². The number of nitrogens with one attached hydrogen (secondary N) is 1. The summed E-state index contributed by atoms with van der Waals surface area (Å²) in [6.07, 6.45) is 0. The lowest BCUT2D eigenvalue weighted by atomic mass is 9.85. The van der Waals surface area contributed by atoms with Crippen LogP contribution < -0.4 is 5.32 Å². The van der Waals surface area contributed by atoms with Crippen molar-refractivity contribution in [3.63, 3.8) is 0 Å². The van der Waals surface area contributed by atoms with Crippen LogP contribution >= 0.6 is 0 Å². The van der Waals surface area contributed by atoms with E-state index in [1.54, 1.807) is 18.2 Å². The van der Waals surface area contributed by atoms with Gasteiger partial charge < -0.3 is 5.32 Å². The number of anilines is 1. The first-order chi connectivity index (χ1) is 6.93. The third-order valence-electron chi connectivity index (χ3n) is 2.92. The predicted octanol–water partition coefficient (Wildman–Crippen LogP) is 2.12. The van der Waals surface area contributed by atoms with Crippen molar-refractivity contribution in [1.82, 2.24) is 0 Å². The molecular formula is C12H13NO2. The maximum absolute atomic E-state index is 11.6. The minimum Gasteiger partial charge on any atom is -0.325 e. The van der Waals surface area contributed by atoms with E-state index in [1.807, 2.05) is 13.8 Å². The summed E-state index contributed by atoms with van der Waals surface area (Å²) in [4.78, 5) is 22.9. The topological polar surface area (TPSA) is 46.2 Å². The first-order valence-corrected chi connectivity index (χ1v) is 4.90. The number of rotatable bonds is 1. The fourth-order valence-corrected chi connectivity index (χ4v) is 1.79. The molecule has 1 aliphatic rings. The second-order valence-electron chi connectivity index (χ2n) is 4.40. The molecule has 1 aromatic rings. The standard InChI is InChI=1S/C12H13NO2/c1-7(14)8-4-5-10-9(6-8)12(2,3)11(15)13-10/h4-6H,1-3H3,(H,13,15). The Kier molecular flexibility index (Phi) is 1.93. The smallest absolute Gasteiger partial charge is 0.234 e. The molecule has 0 aromatic heterocycles. The highest BCUT2D eigenvalue weighted by atomic mass is 16.2. The van der Waals surface area contributed by atoms with E-state index >= 15 is 0 Å². The zero-order chi connectivity index (χ0) is 11.2. The van der Waals surface area contributed by atoms with E-state index in [4.69, 9.17) is 0 Å². The second kappa shape index (κ2) is 2.92. The van der Waals surface area contributed by atoms with Crippen LogP contribution in [0.2, 0.25) is 0 Å². The van der Waals surface area contributed by atoms with Crippen molar-refractivity contribution in [2.24, 2.45) is 0 Å². The number of Topliss-reactive ketones (excluding diaryl/α,β-unsaturated/α-hetero) is 1. The highest BCUT2D eigenvalue weighted by Crippen LogP contribution is 2.37. The number of fused-ring (bicyclic) bond motifs is 1. The first-order valence-electron chi connectivity index (χ1n) is 4.90. The molecule has 1 aromatic carbocycles. The Bertz CT molecular complexity index is 461. The van der Waals surface area contributed by atoms with Crippen LogP contribution in [0.25, 0.3) is 0 Å². The number of carbonyl (C=O) groups is 2. The monoisotopic (exact) mass is 203 g/mol. The van der Waals surface area contributed by atoms with Gasteiger partial charge >= 0.3 is 0 Å². The third kappa shape index (κ3) is 1.35. The van der Waals surface area contributed by atoms with E-state index in [9.17, 15) is 9.59 Å². The molecule has 0 saturated carbocycles. The van der Waals surface area contributed by atoms with Gasteiger partial charge in [-0.05, 0) is 44.5 Å². The molecule has 1 aliphatic heterocycles. The van der Waals surface area contributed by atoms with E-state index < -0.39 is 5.41 Å². The van der Waals surface area contributed by atoms with Gasteiger partial charge in [-0.2, -0.15) is 0 Å². The lowest BCUT2D eigenvalue weighted by molar-refractivity contribution is -0.119. The fourth-order valence-electron chi connectivity index (χ4n) is 1.79. The van der Waals surface area contributed by atoms with Gasteiger partial charge in [0.2, 0.25) is 5.91 Å². The van der Waals surface area contributed by atoms with E-state index in [2.05, 4.69) is 5.32 Å². The van der Waals surface area contributed by atoms with E-state index in [0.717, 1.165) is 11.3 Å².